The van der Waals surface area contributed by atoms with E-state index in [1.807, 2.05) is 6.07 Å². The van der Waals surface area contributed by atoms with Crippen molar-refractivity contribution in [3.8, 4) is 5.88 Å². The highest BCUT2D eigenvalue weighted by Gasteiger charge is 2.16. The Morgan fingerprint density at radius 3 is 2.75 bits per heavy atom. The first-order valence-corrected chi connectivity index (χ1v) is 7.83. The molecule has 4 heteroatoms. The Balaban J connectivity index is 1.57. The third-order valence-corrected chi connectivity index (χ3v) is 4.11. The summed E-state index contributed by atoms with van der Waals surface area (Å²) in [6.07, 6.45) is 6.65. The van der Waals surface area contributed by atoms with Gasteiger partial charge in [-0.1, -0.05) is 12.5 Å². The maximum absolute atomic E-state index is 6.03. The van der Waals surface area contributed by atoms with Gasteiger partial charge in [0.2, 0.25) is 5.88 Å². The van der Waals surface area contributed by atoms with Crippen LogP contribution in [0, 0.1) is 0 Å². The molecule has 0 spiro atoms. The van der Waals surface area contributed by atoms with Crippen LogP contribution in [0.15, 0.2) is 18.2 Å². The van der Waals surface area contributed by atoms with Crippen molar-refractivity contribution in [1.82, 2.24) is 9.88 Å². The fraction of sp³-hybridized carbons (Fsp3) is 0.688. The number of pyridine rings is 1. The van der Waals surface area contributed by atoms with Crippen molar-refractivity contribution in [1.29, 1.82) is 0 Å². The summed E-state index contributed by atoms with van der Waals surface area (Å²) in [7, 11) is 0. The van der Waals surface area contributed by atoms with Crippen LogP contribution in [0.4, 0.5) is 0 Å². The number of nitrogens with zero attached hydrogens (tertiary/aromatic N) is 2. The Hall–Kier alpha value is -1.13. The molecule has 1 aliphatic heterocycles. The summed E-state index contributed by atoms with van der Waals surface area (Å²) in [6, 6.07) is 6.13. The number of hydrogen-bond acceptors (Lipinski definition) is 4. The standard InChI is InChI=1S/C16H24N2O2/c1-2-6-15(7-3-1)20-16-8-4-5-14(17-16)13-18-9-11-19-12-10-18/h4-5,8,15H,1-3,6-7,9-13H2. The molecule has 1 saturated carbocycles. The molecule has 0 N–H and O–H groups in total. The van der Waals surface area contributed by atoms with Crippen molar-refractivity contribution in [2.24, 2.45) is 0 Å². The number of ether oxygens (including phenoxy) is 2. The predicted molar refractivity (Wildman–Crippen MR) is 77.8 cm³/mol. The van der Waals surface area contributed by atoms with Gasteiger partial charge in [0, 0.05) is 25.7 Å². The lowest BCUT2D eigenvalue weighted by atomic mass is 9.98. The third kappa shape index (κ3) is 3.93. The summed E-state index contributed by atoms with van der Waals surface area (Å²) in [4.78, 5) is 7.04. The van der Waals surface area contributed by atoms with Crippen LogP contribution in [0.1, 0.15) is 37.8 Å². The molecule has 0 atom stereocenters. The first-order valence-electron chi connectivity index (χ1n) is 7.83. The molecule has 0 bridgehead atoms. The molecule has 1 saturated heterocycles. The second-order valence-corrected chi connectivity index (χ2v) is 5.73. The average molecular weight is 276 g/mol. The van der Waals surface area contributed by atoms with E-state index < -0.39 is 0 Å². The minimum absolute atomic E-state index is 0.370. The highest BCUT2D eigenvalue weighted by molar-refractivity contribution is 5.16. The zero-order chi connectivity index (χ0) is 13.6. The van der Waals surface area contributed by atoms with E-state index >= 15 is 0 Å². The van der Waals surface area contributed by atoms with E-state index in [1.54, 1.807) is 0 Å². The van der Waals surface area contributed by atoms with E-state index in [0.29, 0.717) is 6.10 Å². The first kappa shape index (κ1) is 13.8. The molecule has 3 rings (SSSR count). The molecule has 4 nitrogen and oxygen atoms in total. The van der Waals surface area contributed by atoms with Gasteiger partial charge >= 0.3 is 0 Å². The molecule has 110 valence electrons. The molecule has 2 aliphatic rings. The summed E-state index contributed by atoms with van der Waals surface area (Å²) >= 11 is 0. The SMILES string of the molecule is c1cc(CN2CCOCC2)nc(OC2CCCCC2)c1. The van der Waals surface area contributed by atoms with Crippen LogP contribution in [-0.2, 0) is 11.3 Å². The first-order chi connectivity index (χ1) is 9.90. The predicted octanol–water partition coefficient (Wildman–Crippen LogP) is 2.63. The topological polar surface area (TPSA) is 34.6 Å². The van der Waals surface area contributed by atoms with Crippen LogP contribution >= 0.6 is 0 Å². The lowest BCUT2D eigenvalue weighted by Crippen LogP contribution is -2.35. The maximum atomic E-state index is 6.03. The Morgan fingerprint density at radius 2 is 1.95 bits per heavy atom. The zero-order valence-electron chi connectivity index (χ0n) is 12.1. The summed E-state index contributed by atoms with van der Waals surface area (Å²) in [5, 5.41) is 0. The number of morpholine rings is 1. The molecule has 1 aromatic heterocycles. The highest BCUT2D eigenvalue weighted by Crippen LogP contribution is 2.22. The summed E-state index contributed by atoms with van der Waals surface area (Å²) in [5.41, 5.74) is 1.10. The van der Waals surface area contributed by atoms with Crippen molar-refractivity contribution in [2.75, 3.05) is 26.3 Å². The maximum Gasteiger partial charge on any atom is 0.213 e. The van der Waals surface area contributed by atoms with Gasteiger partial charge in [0.15, 0.2) is 0 Å². The molecule has 0 unspecified atom stereocenters. The highest BCUT2D eigenvalue weighted by atomic mass is 16.5. The summed E-state index contributed by atoms with van der Waals surface area (Å²) in [5.74, 6) is 0.794. The van der Waals surface area contributed by atoms with Gasteiger partial charge in [-0.3, -0.25) is 4.90 Å². The number of aromatic nitrogens is 1. The Bertz CT molecular complexity index is 377. The molecule has 0 aromatic carbocycles. The Morgan fingerprint density at radius 1 is 1.15 bits per heavy atom. The molecule has 1 aliphatic carbocycles. The van der Waals surface area contributed by atoms with Crippen LogP contribution in [0.25, 0.3) is 0 Å². The minimum Gasteiger partial charge on any atom is -0.474 e. The summed E-state index contributed by atoms with van der Waals surface area (Å²) < 4.78 is 11.4. The molecule has 0 radical (unpaired) electrons. The van der Waals surface area contributed by atoms with Crippen LogP contribution in [0.5, 0.6) is 5.88 Å². The van der Waals surface area contributed by atoms with E-state index in [0.717, 1.165) is 44.4 Å². The number of rotatable bonds is 4. The van der Waals surface area contributed by atoms with Crippen molar-refractivity contribution < 1.29 is 9.47 Å². The molecule has 0 amide bonds. The smallest absolute Gasteiger partial charge is 0.213 e. The van der Waals surface area contributed by atoms with Gasteiger partial charge in [-0.2, -0.15) is 0 Å². The Kier molecular flexibility index (Phi) is 4.87. The second-order valence-electron chi connectivity index (χ2n) is 5.73. The van der Waals surface area contributed by atoms with Crippen molar-refractivity contribution in [2.45, 2.75) is 44.8 Å². The van der Waals surface area contributed by atoms with E-state index in [1.165, 1.54) is 32.1 Å². The van der Waals surface area contributed by atoms with Gasteiger partial charge in [0.25, 0.3) is 0 Å². The fourth-order valence-corrected chi connectivity index (χ4v) is 2.95. The minimum atomic E-state index is 0.370. The molecule has 20 heavy (non-hydrogen) atoms. The van der Waals surface area contributed by atoms with Gasteiger partial charge in [-0.05, 0) is 31.7 Å². The van der Waals surface area contributed by atoms with Gasteiger partial charge < -0.3 is 9.47 Å². The van der Waals surface area contributed by atoms with Crippen LogP contribution in [0.3, 0.4) is 0 Å². The van der Waals surface area contributed by atoms with E-state index in [4.69, 9.17) is 9.47 Å². The third-order valence-electron chi connectivity index (χ3n) is 4.11. The van der Waals surface area contributed by atoms with E-state index in [9.17, 15) is 0 Å². The molecule has 1 aromatic rings. The lowest BCUT2D eigenvalue weighted by molar-refractivity contribution is 0.0335. The quantitative estimate of drug-likeness (QED) is 0.846. The van der Waals surface area contributed by atoms with Crippen LogP contribution < -0.4 is 4.74 Å². The largest absolute Gasteiger partial charge is 0.474 e. The van der Waals surface area contributed by atoms with Crippen LogP contribution in [-0.4, -0.2) is 42.3 Å². The number of hydrogen-bond donors (Lipinski definition) is 0. The fourth-order valence-electron chi connectivity index (χ4n) is 2.95. The van der Waals surface area contributed by atoms with Crippen molar-refractivity contribution in [3.05, 3.63) is 23.9 Å². The second kappa shape index (κ2) is 7.04. The van der Waals surface area contributed by atoms with Crippen LogP contribution in [0.2, 0.25) is 0 Å². The lowest BCUT2D eigenvalue weighted by Gasteiger charge is -2.26. The average Bonchev–Trinajstić information content (AvgIpc) is 2.50. The summed E-state index contributed by atoms with van der Waals surface area (Å²) in [6.45, 7) is 4.55. The normalized spacial score (nSPS) is 21.8. The Labute approximate surface area is 121 Å². The van der Waals surface area contributed by atoms with E-state index in [-0.39, 0.29) is 0 Å². The van der Waals surface area contributed by atoms with E-state index in [2.05, 4.69) is 22.0 Å². The molecular weight excluding hydrogens is 252 g/mol. The molecule has 2 fully saturated rings. The van der Waals surface area contributed by atoms with Gasteiger partial charge in [-0.15, -0.1) is 0 Å². The van der Waals surface area contributed by atoms with Crippen molar-refractivity contribution >= 4 is 0 Å². The monoisotopic (exact) mass is 276 g/mol. The van der Waals surface area contributed by atoms with Crippen molar-refractivity contribution in [3.63, 3.8) is 0 Å². The van der Waals surface area contributed by atoms with Gasteiger partial charge in [-0.25, -0.2) is 4.98 Å². The van der Waals surface area contributed by atoms with Gasteiger partial charge in [0.05, 0.1) is 18.9 Å². The molecule has 2 heterocycles. The molecular formula is C16H24N2O2. The zero-order valence-corrected chi connectivity index (χ0v) is 12.1. The van der Waals surface area contributed by atoms with Gasteiger partial charge in [0.1, 0.15) is 6.10 Å².